The van der Waals surface area contributed by atoms with Gasteiger partial charge < -0.3 is 5.73 Å². The molecule has 1 aromatic heterocycles. The van der Waals surface area contributed by atoms with E-state index in [2.05, 4.69) is 31.2 Å². The van der Waals surface area contributed by atoms with E-state index in [9.17, 15) is 0 Å². The van der Waals surface area contributed by atoms with E-state index >= 15 is 0 Å². The van der Waals surface area contributed by atoms with Gasteiger partial charge >= 0.3 is 0 Å². The molecule has 1 aromatic carbocycles. The second-order valence-electron chi connectivity index (χ2n) is 4.09. The third kappa shape index (κ3) is 2.89. The predicted molar refractivity (Wildman–Crippen MR) is 75.7 cm³/mol. The van der Waals surface area contributed by atoms with Crippen LogP contribution in [0.25, 0.3) is 0 Å². The van der Waals surface area contributed by atoms with E-state index in [-0.39, 0.29) is 6.04 Å². The van der Waals surface area contributed by atoms with Gasteiger partial charge in [-0.3, -0.25) is 0 Å². The number of thiophene rings is 1. The van der Waals surface area contributed by atoms with Gasteiger partial charge in [0.25, 0.3) is 0 Å². The van der Waals surface area contributed by atoms with Crippen molar-refractivity contribution in [2.24, 2.45) is 5.73 Å². The van der Waals surface area contributed by atoms with Crippen LogP contribution in [0.2, 0.25) is 4.34 Å². The normalized spacial score (nSPS) is 14.5. The van der Waals surface area contributed by atoms with Gasteiger partial charge in [0.2, 0.25) is 0 Å². The summed E-state index contributed by atoms with van der Waals surface area (Å²) < 4.78 is 0.804. The lowest BCUT2D eigenvalue weighted by Gasteiger charge is -2.22. The minimum atomic E-state index is 0.0277. The Hall–Kier alpha value is -0.830. The Morgan fingerprint density at radius 3 is 2.41 bits per heavy atom. The molecule has 1 nitrogen and oxygen atoms in total. The maximum atomic E-state index is 6.35. The summed E-state index contributed by atoms with van der Waals surface area (Å²) in [4.78, 5) is 1.16. The molecule has 2 N–H and O–H groups in total. The van der Waals surface area contributed by atoms with Crippen LogP contribution < -0.4 is 5.73 Å². The fourth-order valence-electron chi connectivity index (χ4n) is 2.10. The molecule has 0 bridgehead atoms. The SMILES string of the molecule is CCC(c1ccccc1)C(N)c1ccc(Cl)s1. The number of benzene rings is 1. The van der Waals surface area contributed by atoms with Gasteiger partial charge in [0.15, 0.2) is 0 Å². The lowest BCUT2D eigenvalue weighted by Crippen LogP contribution is -2.18. The standard InChI is InChI=1S/C14H16ClNS/c1-2-11(10-6-4-3-5-7-10)14(16)12-8-9-13(15)17-12/h3-9,11,14H,2,16H2,1H3. The van der Waals surface area contributed by atoms with E-state index in [0.717, 1.165) is 15.6 Å². The van der Waals surface area contributed by atoms with Gasteiger partial charge in [-0.1, -0.05) is 48.9 Å². The number of halogens is 1. The molecule has 1 heterocycles. The van der Waals surface area contributed by atoms with Crippen LogP contribution in [0.5, 0.6) is 0 Å². The Balaban J connectivity index is 2.25. The average molecular weight is 266 g/mol. The average Bonchev–Trinajstić information content (AvgIpc) is 2.78. The summed E-state index contributed by atoms with van der Waals surface area (Å²) in [6.07, 6.45) is 1.03. The molecular formula is C14H16ClNS. The zero-order chi connectivity index (χ0) is 12.3. The first kappa shape index (κ1) is 12.6. The van der Waals surface area contributed by atoms with E-state index < -0.39 is 0 Å². The third-order valence-electron chi connectivity index (χ3n) is 3.02. The van der Waals surface area contributed by atoms with Crippen molar-refractivity contribution in [1.82, 2.24) is 0 Å². The lowest BCUT2D eigenvalue weighted by atomic mass is 9.89. The lowest BCUT2D eigenvalue weighted by molar-refractivity contribution is 0.546. The molecule has 0 aliphatic heterocycles. The van der Waals surface area contributed by atoms with Gasteiger partial charge in [-0.05, 0) is 24.1 Å². The summed E-state index contributed by atoms with van der Waals surface area (Å²) in [5, 5.41) is 0. The Morgan fingerprint density at radius 2 is 1.88 bits per heavy atom. The van der Waals surface area contributed by atoms with Gasteiger partial charge in [0.05, 0.1) is 4.34 Å². The third-order valence-corrected chi connectivity index (χ3v) is 4.36. The van der Waals surface area contributed by atoms with Crippen LogP contribution in [0.4, 0.5) is 0 Å². The molecule has 0 saturated carbocycles. The molecule has 90 valence electrons. The fraction of sp³-hybridized carbons (Fsp3) is 0.286. The van der Waals surface area contributed by atoms with E-state index in [1.165, 1.54) is 5.56 Å². The predicted octanol–water partition coefficient (Wildman–Crippen LogP) is 4.60. The highest BCUT2D eigenvalue weighted by molar-refractivity contribution is 7.16. The molecule has 3 heteroatoms. The molecular weight excluding hydrogens is 250 g/mol. The topological polar surface area (TPSA) is 26.0 Å². The highest BCUT2D eigenvalue weighted by Crippen LogP contribution is 2.36. The maximum absolute atomic E-state index is 6.35. The summed E-state index contributed by atoms with van der Waals surface area (Å²) in [6.45, 7) is 2.17. The molecule has 2 atom stereocenters. The molecule has 0 aliphatic carbocycles. The molecule has 2 aromatic rings. The summed E-state index contributed by atoms with van der Waals surface area (Å²) >= 11 is 7.54. The smallest absolute Gasteiger partial charge is 0.0931 e. The molecule has 0 spiro atoms. The first-order chi connectivity index (χ1) is 8.22. The second kappa shape index (κ2) is 5.67. The summed E-state index contributed by atoms with van der Waals surface area (Å²) in [7, 11) is 0. The van der Waals surface area contributed by atoms with E-state index in [1.807, 2.05) is 18.2 Å². The minimum absolute atomic E-state index is 0.0277. The van der Waals surface area contributed by atoms with Crippen molar-refractivity contribution in [3.05, 3.63) is 57.2 Å². The molecule has 0 aliphatic rings. The Labute approximate surface area is 111 Å². The van der Waals surface area contributed by atoms with Crippen LogP contribution in [-0.2, 0) is 0 Å². The monoisotopic (exact) mass is 265 g/mol. The molecule has 2 rings (SSSR count). The molecule has 0 saturated heterocycles. The zero-order valence-corrected chi connectivity index (χ0v) is 11.3. The quantitative estimate of drug-likeness (QED) is 0.859. The van der Waals surface area contributed by atoms with E-state index in [0.29, 0.717) is 5.92 Å². The van der Waals surface area contributed by atoms with Gasteiger partial charge in [-0.15, -0.1) is 11.3 Å². The summed E-state index contributed by atoms with van der Waals surface area (Å²) in [5.41, 5.74) is 7.65. The van der Waals surface area contributed by atoms with Crippen molar-refractivity contribution in [1.29, 1.82) is 0 Å². The second-order valence-corrected chi connectivity index (χ2v) is 5.84. The number of rotatable bonds is 4. The molecule has 0 amide bonds. The van der Waals surface area contributed by atoms with Crippen LogP contribution in [0, 0.1) is 0 Å². The number of nitrogens with two attached hydrogens (primary N) is 1. The fourth-order valence-corrected chi connectivity index (χ4v) is 3.23. The molecule has 2 unspecified atom stereocenters. The maximum Gasteiger partial charge on any atom is 0.0931 e. The minimum Gasteiger partial charge on any atom is -0.323 e. The molecule has 17 heavy (non-hydrogen) atoms. The van der Waals surface area contributed by atoms with Crippen LogP contribution in [0.3, 0.4) is 0 Å². The van der Waals surface area contributed by atoms with Crippen molar-refractivity contribution in [3.63, 3.8) is 0 Å². The van der Waals surface area contributed by atoms with Crippen molar-refractivity contribution in [3.8, 4) is 0 Å². The van der Waals surface area contributed by atoms with Crippen LogP contribution in [0.1, 0.15) is 35.7 Å². The highest BCUT2D eigenvalue weighted by Gasteiger charge is 2.20. The van der Waals surface area contributed by atoms with Gasteiger partial charge in [-0.2, -0.15) is 0 Å². The Kier molecular flexibility index (Phi) is 4.21. The first-order valence-electron chi connectivity index (χ1n) is 5.78. The number of hydrogen-bond donors (Lipinski definition) is 1. The van der Waals surface area contributed by atoms with Crippen molar-refractivity contribution in [2.45, 2.75) is 25.3 Å². The Morgan fingerprint density at radius 1 is 1.18 bits per heavy atom. The summed E-state index contributed by atoms with van der Waals surface area (Å²) in [5.74, 6) is 0.353. The largest absolute Gasteiger partial charge is 0.323 e. The van der Waals surface area contributed by atoms with Crippen molar-refractivity contribution in [2.75, 3.05) is 0 Å². The first-order valence-corrected chi connectivity index (χ1v) is 6.97. The molecule has 0 radical (unpaired) electrons. The highest BCUT2D eigenvalue weighted by atomic mass is 35.5. The van der Waals surface area contributed by atoms with E-state index in [4.69, 9.17) is 17.3 Å². The molecule has 0 fully saturated rings. The van der Waals surface area contributed by atoms with Crippen LogP contribution >= 0.6 is 22.9 Å². The zero-order valence-electron chi connectivity index (χ0n) is 9.77. The van der Waals surface area contributed by atoms with Crippen LogP contribution in [-0.4, -0.2) is 0 Å². The Bertz CT molecular complexity index is 466. The van der Waals surface area contributed by atoms with Gasteiger partial charge in [-0.25, -0.2) is 0 Å². The van der Waals surface area contributed by atoms with E-state index in [1.54, 1.807) is 11.3 Å². The van der Waals surface area contributed by atoms with Gasteiger partial charge in [0, 0.05) is 16.8 Å². The number of hydrogen-bond acceptors (Lipinski definition) is 2. The summed E-state index contributed by atoms with van der Waals surface area (Å²) in [6, 6.07) is 14.4. The van der Waals surface area contributed by atoms with Gasteiger partial charge in [0.1, 0.15) is 0 Å². The van der Waals surface area contributed by atoms with Crippen LogP contribution in [0.15, 0.2) is 42.5 Å². The van der Waals surface area contributed by atoms with Crippen molar-refractivity contribution >= 4 is 22.9 Å². The van der Waals surface area contributed by atoms with Crippen molar-refractivity contribution < 1.29 is 0 Å².